The number of hydrogen-bond acceptors (Lipinski definition) is 3. The topological polar surface area (TPSA) is 93.0 Å². The van der Waals surface area contributed by atoms with Gasteiger partial charge in [-0.05, 0) is 73.2 Å². The van der Waals surface area contributed by atoms with Gasteiger partial charge in [0, 0.05) is 65.1 Å². The van der Waals surface area contributed by atoms with Crippen molar-refractivity contribution in [1.82, 2.24) is 19.7 Å². The Morgan fingerprint density at radius 1 is 1.10 bits per heavy atom. The maximum absolute atomic E-state index is 13.7. The number of fused-ring (bicyclic) bond motifs is 10. The van der Waals surface area contributed by atoms with Crippen LogP contribution < -0.4 is 16.0 Å². The van der Waals surface area contributed by atoms with Crippen LogP contribution in [-0.2, 0) is 33.0 Å². The highest BCUT2D eigenvalue weighted by atomic mass is 19.1. The summed E-state index contributed by atoms with van der Waals surface area (Å²) >= 11 is 0. The monoisotopic (exact) mass is 536 g/mol. The molecule has 7 rings (SSSR count). The van der Waals surface area contributed by atoms with Gasteiger partial charge < -0.3 is 20.5 Å². The van der Waals surface area contributed by atoms with Gasteiger partial charge in [-0.3, -0.25) is 9.48 Å². The molecule has 1 aliphatic heterocycles. The van der Waals surface area contributed by atoms with Crippen molar-refractivity contribution in [2.24, 2.45) is 7.05 Å². The molecule has 40 heavy (non-hydrogen) atoms. The molecule has 0 spiro atoms. The van der Waals surface area contributed by atoms with Crippen LogP contribution in [0.4, 0.5) is 20.6 Å². The number of aromatic nitrogens is 3. The van der Waals surface area contributed by atoms with Crippen LogP contribution in [-0.4, -0.2) is 26.3 Å². The molecule has 0 saturated carbocycles. The Balaban J connectivity index is 1.41. The molecule has 0 radical (unpaired) electrons. The number of hydrogen-bond donors (Lipinski definition) is 3. The van der Waals surface area contributed by atoms with Crippen LogP contribution in [0.25, 0.3) is 32.9 Å². The molecule has 0 fully saturated rings. The first-order chi connectivity index (χ1) is 19.3. The number of carbonyl (C=O) groups is 2. The Morgan fingerprint density at radius 2 is 1.95 bits per heavy atom. The number of urea groups is 1. The predicted octanol–water partition coefficient (Wildman–Crippen LogP) is 6.04. The van der Waals surface area contributed by atoms with E-state index in [2.05, 4.69) is 32.5 Å². The minimum absolute atomic E-state index is 0.0552. The molecule has 3 aromatic carbocycles. The third-order valence-corrected chi connectivity index (χ3v) is 8.10. The van der Waals surface area contributed by atoms with Crippen molar-refractivity contribution in [2.45, 2.75) is 46.2 Å². The fourth-order valence-corrected chi connectivity index (χ4v) is 6.46. The number of halogens is 1. The maximum atomic E-state index is 13.7. The highest BCUT2D eigenvalue weighted by molar-refractivity contribution is 6.20. The number of anilines is 2. The van der Waals surface area contributed by atoms with Gasteiger partial charge in [-0.25, -0.2) is 9.18 Å². The molecule has 0 bridgehead atoms. The second-order valence-corrected chi connectivity index (χ2v) is 10.7. The normalized spacial score (nSPS) is 13.8. The summed E-state index contributed by atoms with van der Waals surface area (Å²) < 4.78 is 17.9. The molecule has 3 amide bonds. The molecule has 2 aliphatic rings. The van der Waals surface area contributed by atoms with E-state index < -0.39 is 11.8 Å². The number of rotatable bonds is 4. The van der Waals surface area contributed by atoms with Crippen LogP contribution in [0, 0.1) is 12.7 Å². The SMILES string of the molecule is CCCn1c2ccc(NC(=O)Nc3cc(F)ccc3C)cc2c2c3c(c4c(c21)CCc1nn(C)cc1-4)C(=O)NC3. The lowest BCUT2D eigenvalue weighted by Crippen LogP contribution is -2.20. The molecule has 202 valence electrons. The Labute approximate surface area is 230 Å². The van der Waals surface area contributed by atoms with Crippen LogP contribution in [0.2, 0.25) is 0 Å². The molecule has 0 atom stereocenters. The first kappa shape index (κ1) is 24.4. The standard InChI is InChI=1S/C31H29FN6O2/c1-4-11-38-25-10-7-18(34-31(40)35-24-12-17(32)6-5-16(24)2)13-20(25)27-21-14-33-30(39)28(21)26-19(29(27)38)8-9-23-22(26)15-37(3)36-23/h5-7,10,12-13,15H,4,8-9,11,14H2,1-3H3,(H,33,39)(H2,34,35,40). The van der Waals surface area contributed by atoms with Gasteiger partial charge in [0.2, 0.25) is 0 Å². The van der Waals surface area contributed by atoms with Gasteiger partial charge in [0.15, 0.2) is 0 Å². The minimum atomic E-state index is -0.450. The van der Waals surface area contributed by atoms with Gasteiger partial charge in [0.1, 0.15) is 5.82 Å². The third-order valence-electron chi connectivity index (χ3n) is 8.10. The number of nitrogens with zero attached hydrogens (tertiary/aromatic N) is 3. The van der Waals surface area contributed by atoms with E-state index in [1.54, 1.807) is 6.07 Å². The Bertz CT molecular complexity index is 1900. The molecule has 5 aromatic rings. The zero-order chi connectivity index (χ0) is 27.7. The van der Waals surface area contributed by atoms with Crippen molar-refractivity contribution < 1.29 is 14.0 Å². The Hall–Kier alpha value is -4.66. The first-order valence-electron chi connectivity index (χ1n) is 13.6. The van der Waals surface area contributed by atoms with Gasteiger partial charge in [-0.1, -0.05) is 13.0 Å². The fraction of sp³-hybridized carbons (Fsp3) is 0.258. The van der Waals surface area contributed by atoms with E-state index in [9.17, 15) is 14.0 Å². The van der Waals surface area contributed by atoms with Gasteiger partial charge in [-0.15, -0.1) is 0 Å². The lowest BCUT2D eigenvalue weighted by Gasteiger charge is -2.21. The number of carbonyl (C=O) groups excluding carboxylic acids is 2. The van der Waals surface area contributed by atoms with Gasteiger partial charge in [0.05, 0.1) is 16.8 Å². The molecular weight excluding hydrogens is 507 g/mol. The summed E-state index contributed by atoms with van der Waals surface area (Å²) in [5, 5.41) is 15.5. The molecule has 9 heteroatoms. The van der Waals surface area contributed by atoms with Crippen molar-refractivity contribution >= 4 is 45.1 Å². The van der Waals surface area contributed by atoms with E-state index in [1.807, 2.05) is 43.0 Å². The second kappa shape index (κ2) is 8.94. The van der Waals surface area contributed by atoms with E-state index >= 15 is 0 Å². The summed E-state index contributed by atoms with van der Waals surface area (Å²) in [5.74, 6) is -0.467. The Morgan fingerprint density at radius 3 is 2.77 bits per heavy atom. The predicted molar refractivity (Wildman–Crippen MR) is 154 cm³/mol. The largest absolute Gasteiger partial charge is 0.348 e. The van der Waals surface area contributed by atoms with E-state index in [-0.39, 0.29) is 5.91 Å². The zero-order valence-corrected chi connectivity index (χ0v) is 22.6. The highest BCUT2D eigenvalue weighted by Crippen LogP contribution is 2.47. The first-order valence-corrected chi connectivity index (χ1v) is 13.6. The van der Waals surface area contributed by atoms with Gasteiger partial charge in [-0.2, -0.15) is 5.10 Å². The quantitative estimate of drug-likeness (QED) is 0.262. The van der Waals surface area contributed by atoms with Crippen molar-refractivity contribution in [3.8, 4) is 11.1 Å². The fourth-order valence-electron chi connectivity index (χ4n) is 6.46. The number of amides is 3. The van der Waals surface area contributed by atoms with Crippen molar-refractivity contribution in [1.29, 1.82) is 0 Å². The zero-order valence-electron chi connectivity index (χ0n) is 22.6. The van der Waals surface area contributed by atoms with Crippen molar-refractivity contribution in [3.63, 3.8) is 0 Å². The number of nitrogens with one attached hydrogen (secondary N) is 3. The van der Waals surface area contributed by atoms with Crippen LogP contribution in [0.3, 0.4) is 0 Å². The smallest absolute Gasteiger partial charge is 0.323 e. The minimum Gasteiger partial charge on any atom is -0.348 e. The summed E-state index contributed by atoms with van der Waals surface area (Å²) in [5.41, 5.74) is 10.0. The van der Waals surface area contributed by atoms with Crippen LogP contribution in [0.5, 0.6) is 0 Å². The van der Waals surface area contributed by atoms with E-state index in [0.29, 0.717) is 17.9 Å². The summed E-state index contributed by atoms with van der Waals surface area (Å²) in [4.78, 5) is 26.1. The van der Waals surface area contributed by atoms with Crippen LogP contribution >= 0.6 is 0 Å². The highest BCUT2D eigenvalue weighted by Gasteiger charge is 2.35. The van der Waals surface area contributed by atoms with E-state index in [1.165, 1.54) is 17.7 Å². The van der Waals surface area contributed by atoms with Crippen LogP contribution in [0.15, 0.2) is 42.6 Å². The maximum Gasteiger partial charge on any atom is 0.323 e. The molecule has 1 aliphatic carbocycles. The van der Waals surface area contributed by atoms with Gasteiger partial charge >= 0.3 is 6.03 Å². The summed E-state index contributed by atoms with van der Waals surface area (Å²) in [6.45, 7) is 5.26. The summed E-state index contributed by atoms with van der Waals surface area (Å²) in [6, 6.07) is 9.76. The van der Waals surface area contributed by atoms with Gasteiger partial charge in [0.25, 0.3) is 5.91 Å². The Kier molecular flexibility index (Phi) is 5.45. The molecule has 0 saturated heterocycles. The summed E-state index contributed by atoms with van der Waals surface area (Å²) in [6.07, 6.45) is 4.60. The second-order valence-electron chi connectivity index (χ2n) is 10.7. The average Bonchev–Trinajstić information content (AvgIpc) is 3.59. The number of benzene rings is 3. The summed E-state index contributed by atoms with van der Waals surface area (Å²) in [7, 11) is 1.92. The number of aryl methyl sites for hydroxylation is 5. The molecule has 3 N–H and O–H groups in total. The third kappa shape index (κ3) is 3.61. The lowest BCUT2D eigenvalue weighted by atomic mass is 9.82. The van der Waals surface area contributed by atoms with Crippen molar-refractivity contribution in [2.75, 3.05) is 10.6 Å². The average molecular weight is 537 g/mol. The lowest BCUT2D eigenvalue weighted by molar-refractivity contribution is 0.0966. The molecule has 0 unspecified atom stereocenters. The van der Waals surface area contributed by atoms with Crippen molar-refractivity contribution in [3.05, 3.63) is 76.4 Å². The van der Waals surface area contributed by atoms with Crippen LogP contribution in [0.1, 0.15) is 46.1 Å². The molecular formula is C31H29FN6O2. The molecule has 3 heterocycles. The molecule has 2 aromatic heterocycles. The van der Waals surface area contributed by atoms with E-state index in [0.717, 1.165) is 81.1 Å². The van der Waals surface area contributed by atoms with E-state index in [4.69, 9.17) is 0 Å². The molecule has 8 nitrogen and oxygen atoms in total.